The van der Waals surface area contributed by atoms with Crippen molar-refractivity contribution in [2.24, 2.45) is 0 Å². The largest absolute Gasteiger partial charge is 0.411 e. The van der Waals surface area contributed by atoms with Crippen LogP contribution in [0.3, 0.4) is 0 Å². The van der Waals surface area contributed by atoms with Crippen LogP contribution in [0, 0.1) is 0 Å². The second-order valence-electron chi connectivity index (χ2n) is 1.65. The van der Waals surface area contributed by atoms with Crippen molar-refractivity contribution in [3.63, 3.8) is 0 Å². The van der Waals surface area contributed by atoms with Crippen molar-refractivity contribution in [2.45, 2.75) is 6.18 Å². The third-order valence-electron chi connectivity index (χ3n) is 0.417. The Hall–Kier alpha value is -0.640. The summed E-state index contributed by atoms with van der Waals surface area (Å²) in [5.41, 5.74) is 0. The van der Waals surface area contributed by atoms with Crippen molar-refractivity contribution < 1.29 is 44.6 Å². The van der Waals surface area contributed by atoms with Crippen molar-refractivity contribution in [2.75, 3.05) is 41.5 Å². The highest BCUT2D eigenvalue weighted by Gasteiger charge is 2.26. The normalized spacial score (nSPS) is 8.82. The fourth-order valence-electron chi connectivity index (χ4n) is 0.164. The minimum absolute atomic E-state index is 0.681. The number of hydrogen-bond donors (Lipinski definition) is 0. The fourth-order valence-corrected chi connectivity index (χ4v) is 0.164. The molecule has 0 spiro atoms. The topological polar surface area (TPSA) is 18.5 Å². The lowest BCUT2D eigenvalue weighted by molar-refractivity contribution is -0.167. The molecule has 0 heterocycles. The molecule has 0 aliphatic rings. The summed E-state index contributed by atoms with van der Waals surface area (Å²) in [6, 6.07) is 0. The van der Waals surface area contributed by atoms with Gasteiger partial charge >= 0.3 is 6.18 Å². The van der Waals surface area contributed by atoms with E-state index in [1.54, 1.807) is 0 Å². The minimum Gasteiger partial charge on any atom is -0.375 e. The zero-order valence-corrected chi connectivity index (χ0v) is 9.17. The second kappa shape index (κ2) is 24.5. The summed E-state index contributed by atoms with van der Waals surface area (Å²) in [5, 5.41) is 0. The Morgan fingerprint density at radius 2 is 1.00 bits per heavy atom. The van der Waals surface area contributed by atoms with Gasteiger partial charge in [-0.3, -0.25) is 0 Å². The number of halogens is 8. The van der Waals surface area contributed by atoms with Gasteiger partial charge in [-0.05, 0) is 0 Å². The van der Waals surface area contributed by atoms with Crippen LogP contribution in [0.1, 0.15) is 0 Å². The molecule has 0 radical (unpaired) electrons. The van der Waals surface area contributed by atoms with Crippen LogP contribution >= 0.6 is 0 Å². The van der Waals surface area contributed by atoms with Crippen LogP contribution in [0.4, 0.5) is 35.1 Å². The van der Waals surface area contributed by atoms with Gasteiger partial charge in [0.2, 0.25) is 13.9 Å². The monoisotopic (exact) mass is 282 g/mol. The van der Waals surface area contributed by atoms with E-state index in [1.165, 1.54) is 7.11 Å². The number of methoxy groups -OCH3 is 2. The highest BCUT2D eigenvalue weighted by atomic mass is 19.4. The molecule has 0 atom stereocenters. The Morgan fingerprint density at radius 1 is 0.765 bits per heavy atom. The van der Waals surface area contributed by atoms with E-state index in [-0.39, 0.29) is 0 Å². The zero-order valence-electron chi connectivity index (χ0n) is 9.17. The Labute approximate surface area is 93.5 Å². The lowest BCUT2D eigenvalue weighted by Gasteiger charge is -2.01. The van der Waals surface area contributed by atoms with Gasteiger partial charge in [0.15, 0.2) is 6.86 Å². The predicted molar refractivity (Wildman–Crippen MR) is 45.1 cm³/mol. The molecule has 0 N–H and O–H groups in total. The van der Waals surface area contributed by atoms with E-state index in [0.29, 0.717) is 0 Å². The van der Waals surface area contributed by atoms with E-state index in [2.05, 4.69) is 9.47 Å². The van der Waals surface area contributed by atoms with Crippen molar-refractivity contribution in [3.8, 4) is 0 Å². The Morgan fingerprint density at radius 3 is 1.00 bits per heavy atom. The highest BCUT2D eigenvalue weighted by molar-refractivity contribution is 4.41. The van der Waals surface area contributed by atoms with Crippen LogP contribution in [-0.4, -0.2) is 47.7 Å². The summed E-state index contributed by atoms with van der Waals surface area (Å²) >= 11 is 0. The first-order valence-corrected chi connectivity index (χ1v) is 3.65. The summed E-state index contributed by atoms with van der Waals surface area (Å²) in [7, 11) is 2.31. The molecule has 0 saturated heterocycles. The van der Waals surface area contributed by atoms with Crippen molar-refractivity contribution in [1.82, 2.24) is 0 Å². The first kappa shape index (κ1) is 25.3. The standard InChI is InChI=1S/C3H5F3O.C2H5FO.2CH2F2/c1-7-2-3(4,5)6;1-4-2-3;2*2-1-3/h2H2,1H3;2H2,1H3;2*1H2. The highest BCUT2D eigenvalue weighted by Crippen LogP contribution is 2.13. The van der Waals surface area contributed by atoms with Crippen molar-refractivity contribution in [3.05, 3.63) is 0 Å². The quantitative estimate of drug-likeness (QED) is 0.721. The fraction of sp³-hybridized carbons (Fsp3) is 1.00. The van der Waals surface area contributed by atoms with Crippen LogP contribution in [0.15, 0.2) is 0 Å². The van der Waals surface area contributed by atoms with Gasteiger partial charge in [0.1, 0.15) is 6.61 Å². The van der Waals surface area contributed by atoms with Gasteiger partial charge in [-0.15, -0.1) is 0 Å². The molecule has 0 fully saturated rings. The third kappa shape index (κ3) is 144. The molecular weight excluding hydrogens is 268 g/mol. The van der Waals surface area contributed by atoms with Crippen molar-refractivity contribution >= 4 is 0 Å². The molecule has 0 aromatic heterocycles. The molecule has 10 heteroatoms. The molecule has 0 bridgehead atoms. The van der Waals surface area contributed by atoms with E-state index in [9.17, 15) is 35.1 Å². The van der Waals surface area contributed by atoms with Gasteiger partial charge in [-0.1, -0.05) is 0 Å². The van der Waals surface area contributed by atoms with Crippen LogP contribution < -0.4 is 0 Å². The van der Waals surface area contributed by atoms with Gasteiger partial charge in [-0.25, -0.2) is 22.0 Å². The molecule has 2 nitrogen and oxygen atoms in total. The minimum atomic E-state index is -4.17. The van der Waals surface area contributed by atoms with Crippen LogP contribution in [-0.2, 0) is 9.47 Å². The summed E-state index contributed by atoms with van der Waals surface area (Å²) in [6.07, 6.45) is -4.17. The third-order valence-corrected chi connectivity index (χ3v) is 0.417. The lowest BCUT2D eigenvalue weighted by Crippen LogP contribution is -2.14. The molecule has 0 rings (SSSR count). The maximum absolute atomic E-state index is 10.9. The maximum Gasteiger partial charge on any atom is 0.411 e. The SMILES string of the molecule is COCC(F)(F)F.COCF.FCF.FCF. The number of hydrogen-bond acceptors (Lipinski definition) is 2. The summed E-state index contributed by atoms with van der Waals surface area (Å²) in [6.45, 7) is -5.34. The lowest BCUT2D eigenvalue weighted by atomic mass is 10.7. The van der Waals surface area contributed by atoms with Gasteiger partial charge in [0.25, 0.3) is 0 Å². The second-order valence-corrected chi connectivity index (χ2v) is 1.65. The summed E-state index contributed by atoms with van der Waals surface area (Å²) < 4.78 is 89.4. The number of rotatable bonds is 2. The van der Waals surface area contributed by atoms with Crippen LogP contribution in [0.2, 0.25) is 0 Å². The van der Waals surface area contributed by atoms with Gasteiger partial charge in [0.05, 0.1) is 0 Å². The van der Waals surface area contributed by atoms with E-state index in [1.807, 2.05) is 0 Å². The predicted octanol–water partition coefficient (Wildman–Crippen LogP) is 3.52. The first-order valence-electron chi connectivity index (χ1n) is 3.65. The Bertz CT molecular complexity index is 96.4. The van der Waals surface area contributed by atoms with Crippen LogP contribution in [0.25, 0.3) is 0 Å². The molecule has 0 unspecified atom stereocenters. The van der Waals surface area contributed by atoms with Crippen LogP contribution in [0.5, 0.6) is 0 Å². The number of alkyl halides is 8. The first-order chi connectivity index (χ1) is 7.80. The molecule has 110 valence electrons. The molecule has 17 heavy (non-hydrogen) atoms. The molecule has 0 aromatic carbocycles. The van der Waals surface area contributed by atoms with Gasteiger partial charge < -0.3 is 9.47 Å². The average molecular weight is 282 g/mol. The van der Waals surface area contributed by atoms with Crippen molar-refractivity contribution in [1.29, 1.82) is 0 Å². The molecular formula is C7H14F8O2. The zero-order chi connectivity index (χ0) is 14.7. The molecule has 0 amide bonds. The molecule has 0 aromatic rings. The molecule has 0 saturated carbocycles. The average Bonchev–Trinajstić information content (AvgIpc) is 2.19. The molecule has 0 aliphatic carbocycles. The summed E-state index contributed by atoms with van der Waals surface area (Å²) in [4.78, 5) is 0. The van der Waals surface area contributed by atoms with Gasteiger partial charge in [0, 0.05) is 14.2 Å². The smallest absolute Gasteiger partial charge is 0.375 e. The Kier molecular flexibility index (Phi) is 36.5. The van der Waals surface area contributed by atoms with E-state index >= 15 is 0 Å². The maximum atomic E-state index is 10.9. The number of ether oxygens (including phenoxy) is 2. The molecule has 0 aliphatic heterocycles. The van der Waals surface area contributed by atoms with E-state index in [4.69, 9.17) is 0 Å². The summed E-state index contributed by atoms with van der Waals surface area (Å²) in [5.74, 6) is 0. The Balaban J connectivity index is -0.0000000726. The van der Waals surface area contributed by atoms with E-state index < -0.39 is 33.5 Å². The van der Waals surface area contributed by atoms with E-state index in [0.717, 1.165) is 7.11 Å². The van der Waals surface area contributed by atoms with Gasteiger partial charge in [-0.2, -0.15) is 13.2 Å².